The minimum Gasteiger partial charge on any atom is -0.309 e. The molecule has 1 aromatic heterocycles. The summed E-state index contributed by atoms with van der Waals surface area (Å²) in [6.07, 6.45) is 1.19. The maximum absolute atomic E-state index is 13.9. The van der Waals surface area contributed by atoms with Crippen LogP contribution >= 0.6 is 11.3 Å². The van der Waals surface area contributed by atoms with Gasteiger partial charge in [0.25, 0.3) is 0 Å². The highest BCUT2D eigenvalue weighted by molar-refractivity contribution is 7.13. The van der Waals surface area contributed by atoms with Crippen molar-refractivity contribution < 1.29 is 4.39 Å². The summed E-state index contributed by atoms with van der Waals surface area (Å²) in [7, 11) is 2.15. The van der Waals surface area contributed by atoms with Crippen molar-refractivity contribution in [3.63, 3.8) is 0 Å². The summed E-state index contributed by atoms with van der Waals surface area (Å²) in [5, 5.41) is 5.54. The van der Waals surface area contributed by atoms with E-state index in [4.69, 9.17) is 0 Å². The molecule has 2 aromatic rings. The molecule has 1 unspecified atom stereocenters. The molecule has 3 rings (SSSR count). The molecule has 1 saturated heterocycles. The Morgan fingerprint density at radius 1 is 1.40 bits per heavy atom. The highest BCUT2D eigenvalue weighted by Gasteiger charge is 2.18. The zero-order valence-electron chi connectivity index (χ0n) is 11.6. The molecule has 20 heavy (non-hydrogen) atoms. The number of likely N-dealkylation sites (N-methyl/N-ethyl adjacent to an activating group) is 1. The van der Waals surface area contributed by atoms with Crippen molar-refractivity contribution >= 4 is 11.3 Å². The number of halogens is 1. The Labute approximate surface area is 123 Å². The normalized spacial score (nSPS) is 19.6. The van der Waals surface area contributed by atoms with Crippen molar-refractivity contribution in [1.82, 2.24) is 10.2 Å². The summed E-state index contributed by atoms with van der Waals surface area (Å²) < 4.78 is 13.9. The first kappa shape index (κ1) is 13.7. The van der Waals surface area contributed by atoms with E-state index in [0.717, 1.165) is 30.1 Å². The third-order valence-electron chi connectivity index (χ3n) is 3.80. The topological polar surface area (TPSA) is 15.3 Å². The van der Waals surface area contributed by atoms with Gasteiger partial charge in [-0.25, -0.2) is 4.39 Å². The highest BCUT2D eigenvalue weighted by Crippen LogP contribution is 2.28. The molecule has 0 bridgehead atoms. The molecular weight excluding hydrogens is 271 g/mol. The van der Waals surface area contributed by atoms with Gasteiger partial charge in [0.2, 0.25) is 0 Å². The van der Waals surface area contributed by atoms with E-state index in [9.17, 15) is 4.39 Å². The van der Waals surface area contributed by atoms with Crippen molar-refractivity contribution in [3.8, 4) is 10.4 Å². The predicted octanol–water partition coefficient (Wildman–Crippen LogP) is 3.35. The first-order valence-corrected chi connectivity index (χ1v) is 7.84. The van der Waals surface area contributed by atoms with Crippen LogP contribution in [0.25, 0.3) is 10.4 Å². The van der Waals surface area contributed by atoms with Crippen LogP contribution in [0.2, 0.25) is 0 Å². The van der Waals surface area contributed by atoms with Crippen LogP contribution in [0.3, 0.4) is 0 Å². The second kappa shape index (κ2) is 6.04. The van der Waals surface area contributed by atoms with Crippen LogP contribution in [-0.2, 0) is 6.54 Å². The Morgan fingerprint density at radius 3 is 3.00 bits per heavy atom. The molecule has 0 amide bonds. The number of nitrogens with zero attached hydrogens (tertiary/aromatic N) is 1. The number of likely N-dealkylation sites (tertiary alicyclic amines) is 1. The van der Waals surface area contributed by atoms with E-state index < -0.39 is 0 Å². The van der Waals surface area contributed by atoms with E-state index in [1.807, 2.05) is 29.6 Å². The van der Waals surface area contributed by atoms with E-state index in [1.165, 1.54) is 6.42 Å². The second-order valence-electron chi connectivity index (χ2n) is 5.42. The molecule has 4 heteroatoms. The lowest BCUT2D eigenvalue weighted by molar-refractivity contribution is 0.397. The van der Waals surface area contributed by atoms with E-state index in [0.29, 0.717) is 11.6 Å². The molecule has 2 heterocycles. The molecule has 1 fully saturated rings. The van der Waals surface area contributed by atoms with Gasteiger partial charge in [-0.05, 0) is 49.2 Å². The molecule has 1 atom stereocenters. The number of hydrogen-bond acceptors (Lipinski definition) is 3. The van der Waals surface area contributed by atoms with Crippen molar-refractivity contribution in [2.24, 2.45) is 0 Å². The molecule has 0 radical (unpaired) electrons. The third-order valence-corrected chi connectivity index (χ3v) is 4.71. The molecule has 0 spiro atoms. The predicted molar refractivity (Wildman–Crippen MR) is 82.5 cm³/mol. The Kier molecular flexibility index (Phi) is 4.15. The van der Waals surface area contributed by atoms with E-state index in [1.54, 1.807) is 17.4 Å². The largest absolute Gasteiger partial charge is 0.309 e. The van der Waals surface area contributed by atoms with Gasteiger partial charge >= 0.3 is 0 Å². The van der Waals surface area contributed by atoms with Gasteiger partial charge in [-0.15, -0.1) is 11.3 Å². The number of thiophene rings is 1. The van der Waals surface area contributed by atoms with Crippen LogP contribution in [0.5, 0.6) is 0 Å². The average Bonchev–Trinajstić information content (AvgIpc) is 3.09. The fourth-order valence-corrected chi connectivity index (χ4v) is 3.41. The van der Waals surface area contributed by atoms with Gasteiger partial charge in [-0.3, -0.25) is 0 Å². The number of nitrogens with one attached hydrogen (secondary N) is 1. The smallest absolute Gasteiger partial charge is 0.131 e. The lowest BCUT2D eigenvalue weighted by Crippen LogP contribution is -2.30. The molecule has 1 aliphatic rings. The van der Waals surface area contributed by atoms with Crippen LogP contribution in [0.15, 0.2) is 35.7 Å². The molecule has 0 saturated carbocycles. The van der Waals surface area contributed by atoms with Crippen LogP contribution in [0.1, 0.15) is 12.0 Å². The molecule has 1 N–H and O–H groups in total. The Balaban J connectivity index is 1.70. The minimum atomic E-state index is -0.142. The lowest BCUT2D eigenvalue weighted by Gasteiger charge is -2.13. The minimum absolute atomic E-state index is 0.142. The van der Waals surface area contributed by atoms with Crippen molar-refractivity contribution in [1.29, 1.82) is 0 Å². The maximum Gasteiger partial charge on any atom is 0.131 e. The molecular formula is C16H19FN2S. The molecule has 2 nitrogen and oxygen atoms in total. The summed E-state index contributed by atoms with van der Waals surface area (Å²) in [5.74, 6) is -0.142. The monoisotopic (exact) mass is 290 g/mol. The van der Waals surface area contributed by atoms with E-state index in [-0.39, 0.29) is 5.82 Å². The Morgan fingerprint density at radius 2 is 2.30 bits per heavy atom. The summed E-state index contributed by atoms with van der Waals surface area (Å²) in [6.45, 7) is 3.05. The fraction of sp³-hybridized carbons (Fsp3) is 0.375. The first-order chi connectivity index (χ1) is 9.72. The Hall–Kier alpha value is -1.23. The SMILES string of the molecule is CN1CCC(NCc2ccc(F)c(-c3cccs3)c2)C1. The van der Waals surface area contributed by atoms with Crippen molar-refractivity contribution in [2.45, 2.75) is 19.0 Å². The average molecular weight is 290 g/mol. The van der Waals surface area contributed by atoms with Gasteiger partial charge in [0, 0.05) is 29.6 Å². The van der Waals surface area contributed by atoms with Gasteiger partial charge in [0.15, 0.2) is 0 Å². The van der Waals surface area contributed by atoms with Gasteiger partial charge in [-0.1, -0.05) is 12.1 Å². The van der Waals surface area contributed by atoms with Gasteiger partial charge in [0.05, 0.1) is 0 Å². The van der Waals surface area contributed by atoms with Crippen LogP contribution in [0.4, 0.5) is 4.39 Å². The summed E-state index contributed by atoms with van der Waals surface area (Å²) >= 11 is 1.58. The number of hydrogen-bond donors (Lipinski definition) is 1. The van der Waals surface area contributed by atoms with E-state index in [2.05, 4.69) is 17.3 Å². The van der Waals surface area contributed by atoms with Crippen LogP contribution in [-0.4, -0.2) is 31.1 Å². The summed E-state index contributed by atoms with van der Waals surface area (Å²) in [6, 6.07) is 9.89. The third kappa shape index (κ3) is 3.08. The van der Waals surface area contributed by atoms with Gasteiger partial charge < -0.3 is 10.2 Å². The summed E-state index contributed by atoms with van der Waals surface area (Å²) in [5.41, 5.74) is 1.85. The van der Waals surface area contributed by atoms with Crippen molar-refractivity contribution in [3.05, 3.63) is 47.1 Å². The molecule has 1 aliphatic heterocycles. The zero-order valence-corrected chi connectivity index (χ0v) is 12.4. The fourth-order valence-electron chi connectivity index (χ4n) is 2.67. The number of benzene rings is 1. The van der Waals surface area contributed by atoms with Crippen molar-refractivity contribution in [2.75, 3.05) is 20.1 Å². The molecule has 1 aromatic carbocycles. The molecule has 0 aliphatic carbocycles. The highest BCUT2D eigenvalue weighted by atomic mass is 32.1. The van der Waals surface area contributed by atoms with Gasteiger partial charge in [0.1, 0.15) is 5.82 Å². The Bertz CT molecular complexity index is 568. The van der Waals surface area contributed by atoms with E-state index >= 15 is 0 Å². The first-order valence-electron chi connectivity index (χ1n) is 6.96. The van der Waals surface area contributed by atoms with Crippen LogP contribution < -0.4 is 5.32 Å². The summed E-state index contributed by atoms with van der Waals surface area (Å²) in [4.78, 5) is 3.32. The standard InChI is InChI=1S/C16H19FN2S/c1-19-7-6-13(11-19)18-10-12-4-5-15(17)14(9-12)16-3-2-8-20-16/h2-5,8-9,13,18H,6-7,10-11H2,1H3. The molecule has 106 valence electrons. The van der Waals surface area contributed by atoms with Crippen LogP contribution in [0, 0.1) is 5.82 Å². The number of rotatable bonds is 4. The zero-order chi connectivity index (χ0) is 13.9. The quantitative estimate of drug-likeness (QED) is 0.929. The van der Waals surface area contributed by atoms with Gasteiger partial charge in [-0.2, -0.15) is 0 Å². The second-order valence-corrected chi connectivity index (χ2v) is 6.37. The maximum atomic E-state index is 13.9. The lowest BCUT2D eigenvalue weighted by atomic mass is 10.1.